The van der Waals surface area contributed by atoms with E-state index in [1.807, 2.05) is 31.2 Å². The van der Waals surface area contributed by atoms with Crippen LogP contribution in [0.15, 0.2) is 24.3 Å². The fraction of sp³-hybridized carbons (Fsp3) is 0.333. The van der Waals surface area contributed by atoms with Crippen molar-refractivity contribution in [1.82, 2.24) is 10.2 Å². The van der Waals surface area contributed by atoms with Gasteiger partial charge in [0, 0.05) is 23.9 Å². The molecule has 0 bridgehead atoms. The smallest absolute Gasteiger partial charge is 0.156 e. The van der Waals surface area contributed by atoms with Crippen LogP contribution in [-0.4, -0.2) is 28.5 Å². The van der Waals surface area contributed by atoms with E-state index in [0.29, 0.717) is 13.0 Å². The maximum Gasteiger partial charge on any atom is 0.156 e. The minimum absolute atomic E-state index is 0.185. The highest BCUT2D eigenvalue weighted by Gasteiger charge is 2.04. The lowest BCUT2D eigenvalue weighted by molar-refractivity contribution is 0.292. The Labute approximate surface area is 94.3 Å². The molecule has 16 heavy (non-hydrogen) atoms. The van der Waals surface area contributed by atoms with Gasteiger partial charge in [0.1, 0.15) is 0 Å². The first-order valence-electron chi connectivity index (χ1n) is 5.39. The van der Waals surface area contributed by atoms with Gasteiger partial charge in [-0.1, -0.05) is 24.3 Å². The summed E-state index contributed by atoms with van der Waals surface area (Å²) in [5.41, 5.74) is 0.934. The Kier molecular flexibility index (Phi) is 3.31. The van der Waals surface area contributed by atoms with Gasteiger partial charge in [0.2, 0.25) is 0 Å². The average Bonchev–Trinajstić information content (AvgIpc) is 2.33. The molecule has 0 atom stereocenters. The second-order valence-electron chi connectivity index (χ2n) is 3.68. The minimum Gasteiger partial charge on any atom is -0.396 e. The third kappa shape index (κ3) is 2.12. The molecular formula is C12H15N3O. The predicted molar refractivity (Wildman–Crippen MR) is 64.5 cm³/mol. The van der Waals surface area contributed by atoms with E-state index in [-0.39, 0.29) is 6.61 Å². The largest absolute Gasteiger partial charge is 0.396 e. The Morgan fingerprint density at radius 1 is 1.19 bits per heavy atom. The maximum atomic E-state index is 8.73. The minimum atomic E-state index is 0.185. The molecule has 84 valence electrons. The first kappa shape index (κ1) is 10.8. The predicted octanol–water partition coefficient (Wildman–Crippen LogP) is 1.73. The lowest BCUT2D eigenvalue weighted by Gasteiger charge is -2.08. The zero-order valence-corrected chi connectivity index (χ0v) is 9.27. The lowest BCUT2D eigenvalue weighted by Crippen LogP contribution is -2.07. The van der Waals surface area contributed by atoms with Gasteiger partial charge in [0.15, 0.2) is 5.82 Å². The quantitative estimate of drug-likeness (QED) is 0.766. The number of rotatable bonds is 4. The van der Waals surface area contributed by atoms with E-state index in [4.69, 9.17) is 5.11 Å². The second-order valence-corrected chi connectivity index (χ2v) is 3.68. The molecule has 0 radical (unpaired) electrons. The van der Waals surface area contributed by atoms with Crippen LogP contribution in [0.5, 0.6) is 0 Å². The van der Waals surface area contributed by atoms with Crippen LogP contribution in [0, 0.1) is 6.92 Å². The van der Waals surface area contributed by atoms with Gasteiger partial charge in [0.05, 0.1) is 5.69 Å². The summed E-state index contributed by atoms with van der Waals surface area (Å²) >= 11 is 0. The standard InChI is InChI=1S/C12H15N3O/c1-9-10-5-2-3-6-11(10)12(15-14-9)13-7-4-8-16/h2-3,5-6,16H,4,7-8H2,1H3,(H,13,15). The zero-order chi connectivity index (χ0) is 11.4. The van der Waals surface area contributed by atoms with Gasteiger partial charge in [-0.25, -0.2) is 0 Å². The summed E-state index contributed by atoms with van der Waals surface area (Å²) in [6.07, 6.45) is 0.712. The molecule has 1 aromatic heterocycles. The zero-order valence-electron chi connectivity index (χ0n) is 9.27. The number of aryl methyl sites for hydroxylation is 1. The first-order chi connectivity index (χ1) is 7.83. The van der Waals surface area contributed by atoms with Gasteiger partial charge in [-0.15, -0.1) is 5.10 Å². The van der Waals surface area contributed by atoms with Gasteiger partial charge < -0.3 is 10.4 Å². The molecular weight excluding hydrogens is 202 g/mol. The molecule has 4 nitrogen and oxygen atoms in total. The summed E-state index contributed by atoms with van der Waals surface area (Å²) in [5, 5.41) is 22.3. The summed E-state index contributed by atoms with van der Waals surface area (Å²) in [5.74, 6) is 0.787. The van der Waals surface area contributed by atoms with Crippen molar-refractivity contribution in [3.63, 3.8) is 0 Å². The number of nitrogens with zero attached hydrogens (tertiary/aromatic N) is 2. The molecule has 0 aliphatic carbocycles. The van der Waals surface area contributed by atoms with E-state index in [1.54, 1.807) is 0 Å². The van der Waals surface area contributed by atoms with Crippen molar-refractivity contribution in [2.45, 2.75) is 13.3 Å². The van der Waals surface area contributed by atoms with Crippen molar-refractivity contribution in [3.8, 4) is 0 Å². The third-order valence-corrected chi connectivity index (χ3v) is 2.50. The normalized spacial score (nSPS) is 10.6. The summed E-state index contributed by atoms with van der Waals surface area (Å²) in [6, 6.07) is 8.05. The Balaban J connectivity index is 2.35. The van der Waals surface area contributed by atoms with Crippen molar-refractivity contribution in [2.24, 2.45) is 0 Å². The van der Waals surface area contributed by atoms with Crippen molar-refractivity contribution in [3.05, 3.63) is 30.0 Å². The first-order valence-corrected chi connectivity index (χ1v) is 5.39. The number of nitrogens with one attached hydrogen (secondary N) is 1. The fourth-order valence-electron chi connectivity index (χ4n) is 1.65. The van der Waals surface area contributed by atoms with Crippen LogP contribution < -0.4 is 5.32 Å². The summed E-state index contributed by atoms with van der Waals surface area (Å²) in [7, 11) is 0. The number of aromatic nitrogens is 2. The molecule has 0 saturated carbocycles. The fourth-order valence-corrected chi connectivity index (χ4v) is 1.65. The number of aliphatic hydroxyl groups excluding tert-OH is 1. The van der Waals surface area contributed by atoms with Crippen LogP contribution in [0.25, 0.3) is 10.8 Å². The Morgan fingerprint density at radius 3 is 2.69 bits per heavy atom. The van der Waals surface area contributed by atoms with Crippen molar-refractivity contribution in [2.75, 3.05) is 18.5 Å². The number of anilines is 1. The van der Waals surface area contributed by atoms with Gasteiger partial charge in [-0.3, -0.25) is 0 Å². The van der Waals surface area contributed by atoms with E-state index in [2.05, 4.69) is 15.5 Å². The molecule has 0 saturated heterocycles. The Morgan fingerprint density at radius 2 is 1.94 bits per heavy atom. The molecule has 0 spiro atoms. The van der Waals surface area contributed by atoms with E-state index in [1.165, 1.54) is 0 Å². The molecule has 2 N–H and O–H groups in total. The summed E-state index contributed by atoms with van der Waals surface area (Å²) in [6.45, 7) is 2.84. The van der Waals surface area contributed by atoms with Gasteiger partial charge in [-0.2, -0.15) is 5.10 Å². The maximum absolute atomic E-state index is 8.73. The van der Waals surface area contributed by atoms with Gasteiger partial charge in [-0.05, 0) is 13.3 Å². The highest BCUT2D eigenvalue weighted by molar-refractivity contribution is 5.92. The van der Waals surface area contributed by atoms with E-state index >= 15 is 0 Å². The molecule has 1 heterocycles. The van der Waals surface area contributed by atoms with Crippen molar-refractivity contribution < 1.29 is 5.11 Å². The highest BCUT2D eigenvalue weighted by Crippen LogP contribution is 2.21. The lowest BCUT2D eigenvalue weighted by atomic mass is 10.1. The Hall–Kier alpha value is -1.68. The summed E-state index contributed by atoms with van der Waals surface area (Å²) in [4.78, 5) is 0. The van der Waals surface area contributed by atoms with Crippen LogP contribution in [0.2, 0.25) is 0 Å². The Bertz CT molecular complexity index is 485. The number of fused-ring (bicyclic) bond motifs is 1. The van der Waals surface area contributed by atoms with Crippen LogP contribution >= 0.6 is 0 Å². The van der Waals surface area contributed by atoms with Crippen molar-refractivity contribution >= 4 is 16.6 Å². The molecule has 0 fully saturated rings. The second kappa shape index (κ2) is 4.90. The molecule has 0 aliphatic heterocycles. The summed E-state index contributed by atoms with van der Waals surface area (Å²) < 4.78 is 0. The molecule has 0 amide bonds. The number of hydrogen-bond donors (Lipinski definition) is 2. The molecule has 0 aliphatic rings. The monoisotopic (exact) mass is 217 g/mol. The number of hydrogen-bond acceptors (Lipinski definition) is 4. The molecule has 2 rings (SSSR count). The topological polar surface area (TPSA) is 58.0 Å². The van der Waals surface area contributed by atoms with E-state index < -0.39 is 0 Å². The van der Waals surface area contributed by atoms with Crippen LogP contribution in [0.1, 0.15) is 12.1 Å². The van der Waals surface area contributed by atoms with Gasteiger partial charge >= 0.3 is 0 Å². The molecule has 1 aromatic carbocycles. The molecule has 4 heteroatoms. The van der Waals surface area contributed by atoms with Crippen LogP contribution in [-0.2, 0) is 0 Å². The van der Waals surface area contributed by atoms with E-state index in [0.717, 1.165) is 22.3 Å². The molecule has 2 aromatic rings. The third-order valence-electron chi connectivity index (χ3n) is 2.50. The van der Waals surface area contributed by atoms with Gasteiger partial charge in [0.25, 0.3) is 0 Å². The average molecular weight is 217 g/mol. The van der Waals surface area contributed by atoms with E-state index in [9.17, 15) is 0 Å². The SMILES string of the molecule is Cc1nnc(NCCCO)c2ccccc12. The van der Waals surface area contributed by atoms with Crippen LogP contribution in [0.3, 0.4) is 0 Å². The number of benzene rings is 1. The van der Waals surface area contributed by atoms with Crippen LogP contribution in [0.4, 0.5) is 5.82 Å². The molecule has 0 unspecified atom stereocenters. The highest BCUT2D eigenvalue weighted by atomic mass is 16.3. The van der Waals surface area contributed by atoms with Crippen molar-refractivity contribution in [1.29, 1.82) is 0 Å². The number of aliphatic hydroxyl groups is 1.